The number of ketones is 1. The zero-order valence-corrected chi connectivity index (χ0v) is 14.3. The van der Waals surface area contributed by atoms with Crippen LogP contribution in [0, 0.1) is 0 Å². The van der Waals surface area contributed by atoms with E-state index in [0.717, 1.165) is 22.2 Å². The monoisotopic (exact) mass is 355 g/mol. The number of nitrogens with one attached hydrogen (secondary N) is 1. The predicted octanol–water partition coefficient (Wildman–Crippen LogP) is 4.60. The minimum Gasteiger partial charge on any atom is -0.379 e. The standard InChI is InChI=1S/C19H18BrNO/c1-19(2)12-14-10-15(20)8-9-16(14)17(21-19)11-18(22)13-6-4-3-5-7-13/h3-11,21H,12H2,1-2H3. The summed E-state index contributed by atoms with van der Waals surface area (Å²) in [5.41, 5.74) is 3.89. The number of hydrogen-bond donors (Lipinski definition) is 1. The Labute approximate surface area is 139 Å². The first-order valence-electron chi connectivity index (χ1n) is 7.33. The van der Waals surface area contributed by atoms with Gasteiger partial charge in [0.25, 0.3) is 0 Å². The fourth-order valence-corrected chi connectivity index (χ4v) is 3.26. The summed E-state index contributed by atoms with van der Waals surface area (Å²) in [5.74, 6) is 0.0228. The second-order valence-corrected chi connectivity index (χ2v) is 7.19. The fourth-order valence-electron chi connectivity index (χ4n) is 2.85. The Kier molecular flexibility index (Phi) is 3.92. The number of hydrogen-bond acceptors (Lipinski definition) is 2. The van der Waals surface area contributed by atoms with Gasteiger partial charge >= 0.3 is 0 Å². The van der Waals surface area contributed by atoms with E-state index in [0.29, 0.717) is 5.56 Å². The molecular weight excluding hydrogens is 338 g/mol. The molecule has 22 heavy (non-hydrogen) atoms. The molecule has 1 aliphatic heterocycles. The van der Waals surface area contributed by atoms with Crippen molar-refractivity contribution in [3.05, 3.63) is 75.8 Å². The molecule has 0 spiro atoms. The maximum atomic E-state index is 12.5. The van der Waals surface area contributed by atoms with Crippen molar-refractivity contribution in [2.24, 2.45) is 0 Å². The van der Waals surface area contributed by atoms with Gasteiger partial charge in [-0.1, -0.05) is 52.3 Å². The van der Waals surface area contributed by atoms with Crippen molar-refractivity contribution in [2.75, 3.05) is 0 Å². The molecule has 0 fully saturated rings. The van der Waals surface area contributed by atoms with Gasteiger partial charge in [-0.15, -0.1) is 0 Å². The topological polar surface area (TPSA) is 29.1 Å². The first-order chi connectivity index (χ1) is 10.4. The molecule has 0 bridgehead atoms. The van der Waals surface area contributed by atoms with Gasteiger partial charge in [0.15, 0.2) is 5.78 Å². The summed E-state index contributed by atoms with van der Waals surface area (Å²) in [4.78, 5) is 12.5. The van der Waals surface area contributed by atoms with Gasteiger partial charge in [-0.3, -0.25) is 4.79 Å². The molecule has 2 aromatic rings. The fraction of sp³-hybridized carbons (Fsp3) is 0.211. The highest BCUT2D eigenvalue weighted by atomic mass is 79.9. The summed E-state index contributed by atoms with van der Waals surface area (Å²) in [7, 11) is 0. The van der Waals surface area contributed by atoms with Crippen LogP contribution in [0.25, 0.3) is 5.70 Å². The van der Waals surface area contributed by atoms with Crippen molar-refractivity contribution in [3.63, 3.8) is 0 Å². The number of halogens is 1. The molecule has 112 valence electrons. The van der Waals surface area contributed by atoms with Crippen molar-refractivity contribution >= 4 is 27.4 Å². The van der Waals surface area contributed by atoms with Crippen molar-refractivity contribution in [1.29, 1.82) is 0 Å². The van der Waals surface area contributed by atoms with Gasteiger partial charge in [0, 0.05) is 32.9 Å². The van der Waals surface area contributed by atoms with Crippen LogP contribution in [-0.4, -0.2) is 11.3 Å². The van der Waals surface area contributed by atoms with Gasteiger partial charge in [-0.05, 0) is 38.0 Å². The molecule has 0 amide bonds. The van der Waals surface area contributed by atoms with E-state index in [9.17, 15) is 4.79 Å². The van der Waals surface area contributed by atoms with Crippen LogP contribution in [0.1, 0.15) is 35.3 Å². The van der Waals surface area contributed by atoms with Gasteiger partial charge in [0.2, 0.25) is 0 Å². The van der Waals surface area contributed by atoms with E-state index < -0.39 is 0 Å². The summed E-state index contributed by atoms with van der Waals surface area (Å²) in [6.07, 6.45) is 2.64. The lowest BCUT2D eigenvalue weighted by molar-refractivity contribution is 0.104. The molecule has 0 radical (unpaired) electrons. The molecule has 0 saturated carbocycles. The number of benzene rings is 2. The van der Waals surface area contributed by atoms with E-state index in [1.807, 2.05) is 36.4 Å². The summed E-state index contributed by atoms with van der Waals surface area (Å²) >= 11 is 3.53. The number of allylic oxidation sites excluding steroid dienone is 1. The van der Waals surface area contributed by atoms with Crippen molar-refractivity contribution < 1.29 is 4.79 Å². The van der Waals surface area contributed by atoms with Gasteiger partial charge < -0.3 is 5.32 Å². The van der Waals surface area contributed by atoms with E-state index in [1.165, 1.54) is 5.56 Å². The normalized spacial score (nSPS) is 17.7. The molecule has 2 nitrogen and oxygen atoms in total. The van der Waals surface area contributed by atoms with Crippen molar-refractivity contribution in [2.45, 2.75) is 25.8 Å². The Morgan fingerprint density at radius 3 is 2.64 bits per heavy atom. The highest BCUT2D eigenvalue weighted by Crippen LogP contribution is 2.31. The minimum atomic E-state index is -0.0728. The lowest BCUT2D eigenvalue weighted by Crippen LogP contribution is -2.43. The number of rotatable bonds is 2. The van der Waals surface area contributed by atoms with Crippen molar-refractivity contribution in [3.8, 4) is 0 Å². The largest absolute Gasteiger partial charge is 0.379 e. The molecule has 0 aliphatic carbocycles. The molecule has 0 unspecified atom stereocenters. The molecule has 1 N–H and O–H groups in total. The second-order valence-electron chi connectivity index (χ2n) is 6.28. The summed E-state index contributed by atoms with van der Waals surface area (Å²) in [6, 6.07) is 15.6. The van der Waals surface area contributed by atoms with Crippen LogP contribution >= 0.6 is 15.9 Å². The van der Waals surface area contributed by atoms with Crippen LogP contribution in [0.3, 0.4) is 0 Å². The van der Waals surface area contributed by atoms with Gasteiger partial charge in [0.05, 0.1) is 0 Å². The van der Waals surface area contributed by atoms with Crippen molar-refractivity contribution in [1.82, 2.24) is 5.32 Å². The smallest absolute Gasteiger partial charge is 0.187 e. The van der Waals surface area contributed by atoms with E-state index in [4.69, 9.17) is 0 Å². The third-order valence-electron chi connectivity index (χ3n) is 3.80. The predicted molar refractivity (Wildman–Crippen MR) is 93.8 cm³/mol. The molecule has 3 rings (SSSR count). The Morgan fingerprint density at radius 1 is 1.18 bits per heavy atom. The summed E-state index contributed by atoms with van der Waals surface area (Å²) in [5, 5.41) is 3.49. The van der Waals surface area contributed by atoms with Gasteiger partial charge in [-0.2, -0.15) is 0 Å². The maximum absolute atomic E-state index is 12.5. The molecule has 0 saturated heterocycles. The SMILES string of the molecule is CC1(C)Cc2cc(Br)ccc2C(=CC(=O)c2ccccc2)N1. The van der Waals surface area contributed by atoms with Gasteiger partial charge in [-0.25, -0.2) is 0 Å². The van der Waals surface area contributed by atoms with Crippen LogP contribution < -0.4 is 5.32 Å². The zero-order valence-electron chi connectivity index (χ0n) is 12.7. The molecule has 0 aromatic heterocycles. The van der Waals surface area contributed by atoms with Gasteiger partial charge in [0.1, 0.15) is 0 Å². The number of fused-ring (bicyclic) bond motifs is 1. The first-order valence-corrected chi connectivity index (χ1v) is 8.12. The Hall–Kier alpha value is -1.87. The maximum Gasteiger partial charge on any atom is 0.187 e. The minimum absolute atomic E-state index is 0.0228. The molecule has 3 heteroatoms. The van der Waals surface area contributed by atoms with E-state index in [-0.39, 0.29) is 11.3 Å². The molecular formula is C19H18BrNO. The summed E-state index contributed by atoms with van der Waals surface area (Å²) in [6.45, 7) is 4.30. The quantitative estimate of drug-likeness (QED) is 0.630. The Morgan fingerprint density at radius 2 is 1.91 bits per heavy atom. The Bertz CT molecular complexity index is 747. The number of carbonyl (C=O) groups excluding carboxylic acids is 1. The molecule has 0 atom stereocenters. The molecule has 1 heterocycles. The van der Waals surface area contributed by atoms with E-state index in [1.54, 1.807) is 6.08 Å². The highest BCUT2D eigenvalue weighted by molar-refractivity contribution is 9.10. The van der Waals surface area contributed by atoms with Crippen LogP contribution in [0.4, 0.5) is 0 Å². The lowest BCUT2D eigenvalue weighted by Gasteiger charge is -2.35. The Balaban J connectivity index is 2.03. The van der Waals surface area contributed by atoms with E-state index in [2.05, 4.69) is 47.2 Å². The summed E-state index contributed by atoms with van der Waals surface area (Å²) < 4.78 is 1.07. The van der Waals surface area contributed by atoms with Crippen LogP contribution in [0.5, 0.6) is 0 Å². The lowest BCUT2D eigenvalue weighted by atomic mass is 9.85. The first kappa shape index (κ1) is 15.0. The average Bonchev–Trinajstić information content (AvgIpc) is 2.46. The second kappa shape index (κ2) is 5.73. The zero-order chi connectivity index (χ0) is 15.7. The van der Waals surface area contributed by atoms with Crippen LogP contribution in [0.15, 0.2) is 59.1 Å². The molecule has 2 aromatic carbocycles. The third kappa shape index (κ3) is 3.14. The number of carbonyl (C=O) groups is 1. The van der Waals surface area contributed by atoms with Crippen LogP contribution in [0.2, 0.25) is 0 Å². The van der Waals surface area contributed by atoms with E-state index >= 15 is 0 Å². The molecule has 1 aliphatic rings. The highest BCUT2D eigenvalue weighted by Gasteiger charge is 2.28. The third-order valence-corrected chi connectivity index (χ3v) is 4.29. The van der Waals surface area contributed by atoms with Crippen LogP contribution in [-0.2, 0) is 6.42 Å². The average molecular weight is 356 g/mol.